The molecule has 0 radical (unpaired) electrons. The molecule has 1 saturated heterocycles. The highest BCUT2D eigenvalue weighted by Gasteiger charge is 2.33. The lowest BCUT2D eigenvalue weighted by molar-refractivity contribution is -0.213. The van der Waals surface area contributed by atoms with Gasteiger partial charge in [0.25, 0.3) is 29.5 Å². The maximum Gasteiger partial charge on any atom is 0.261 e. The monoisotopic (exact) mass is 517 g/mol. The van der Waals surface area contributed by atoms with Crippen LogP contribution in [-0.4, -0.2) is 85.0 Å². The molecule has 1 fully saturated rings. The van der Waals surface area contributed by atoms with Crippen molar-refractivity contribution in [2.24, 2.45) is 4.99 Å². The topological polar surface area (TPSA) is 189 Å². The van der Waals surface area contributed by atoms with Crippen LogP contribution < -0.4 is 26.4 Å². The molecule has 0 spiro atoms. The molecular weight excluding hydrogens is 496 g/mol. The average Bonchev–Trinajstić information content (AvgIpc) is 3.32. The molecule has 5 rings (SSSR count). The van der Waals surface area contributed by atoms with Gasteiger partial charge in [0.15, 0.2) is 0 Å². The Morgan fingerprint density at radius 3 is 2.39 bits per heavy atom. The molecule has 2 aromatic rings. The van der Waals surface area contributed by atoms with E-state index in [1.165, 1.54) is 43.4 Å². The lowest BCUT2D eigenvalue weighted by Crippen LogP contribution is -2.62. The Labute approximate surface area is 215 Å². The third-order valence-electron chi connectivity index (χ3n) is 6.53. The Morgan fingerprint density at radius 2 is 1.63 bits per heavy atom. The van der Waals surface area contributed by atoms with Gasteiger partial charge in [-0.25, -0.2) is 0 Å². The smallest absolute Gasteiger partial charge is 0.261 e. The van der Waals surface area contributed by atoms with Crippen molar-refractivity contribution < 1.29 is 33.9 Å². The number of nitrogens with one attached hydrogen (secondary N) is 4. The molecule has 6 amide bonds. The molecule has 0 bridgehead atoms. The maximum absolute atomic E-state index is 12.6. The summed E-state index contributed by atoms with van der Waals surface area (Å²) in [5, 5.41) is 23.0. The van der Waals surface area contributed by atoms with Crippen molar-refractivity contribution in [2.75, 3.05) is 26.7 Å². The van der Waals surface area contributed by atoms with Gasteiger partial charge in [-0.1, -0.05) is 6.07 Å². The third kappa shape index (κ3) is 4.39. The molecule has 13 nitrogen and oxygen atoms in total. The largest absolute Gasteiger partial charge is 0.858 e. The minimum absolute atomic E-state index is 0.0974. The molecule has 3 heterocycles. The van der Waals surface area contributed by atoms with E-state index in [4.69, 9.17) is 0 Å². The van der Waals surface area contributed by atoms with E-state index in [1.54, 1.807) is 0 Å². The summed E-state index contributed by atoms with van der Waals surface area (Å²) in [6.07, 6.45) is 0. The molecule has 3 aliphatic heterocycles. The van der Waals surface area contributed by atoms with Crippen LogP contribution in [0, 0.1) is 0 Å². The molecule has 0 aromatic heterocycles. The minimum Gasteiger partial charge on any atom is -0.858 e. The number of piperazine rings is 1. The summed E-state index contributed by atoms with van der Waals surface area (Å²) in [4.78, 5) is 77.6. The van der Waals surface area contributed by atoms with Crippen LogP contribution in [0.15, 0.2) is 41.4 Å². The third-order valence-corrected chi connectivity index (χ3v) is 6.53. The number of imide groups is 2. The van der Waals surface area contributed by atoms with Crippen LogP contribution in [0.1, 0.15) is 57.4 Å². The average molecular weight is 517 g/mol. The normalized spacial score (nSPS) is 20.7. The Hall–Kier alpha value is -4.91. The zero-order chi connectivity index (χ0) is 27.1. The number of hydrogen-bond donors (Lipinski definition) is 4. The highest BCUT2D eigenvalue weighted by atomic mass is 16.3. The van der Waals surface area contributed by atoms with E-state index in [-0.39, 0.29) is 46.5 Å². The number of fused-ring (bicyclic) bond motifs is 2. The number of carbonyl (C=O) groups is 6. The second-order valence-electron chi connectivity index (χ2n) is 9.00. The fraction of sp³-hybridized carbons (Fsp3) is 0.240. The van der Waals surface area contributed by atoms with E-state index in [9.17, 15) is 33.9 Å². The first-order chi connectivity index (χ1) is 18.1. The van der Waals surface area contributed by atoms with Crippen molar-refractivity contribution in [1.82, 2.24) is 26.2 Å². The van der Waals surface area contributed by atoms with Crippen molar-refractivity contribution in [3.8, 4) is 0 Å². The van der Waals surface area contributed by atoms with Crippen LogP contribution in [0.2, 0.25) is 0 Å². The molecule has 2 unspecified atom stereocenters. The Bertz CT molecular complexity index is 1470. The number of aliphatic imine (C=N–C) groups is 1. The maximum atomic E-state index is 12.6. The first-order valence-corrected chi connectivity index (χ1v) is 11.6. The van der Waals surface area contributed by atoms with Gasteiger partial charge in [0.1, 0.15) is 6.04 Å². The lowest BCUT2D eigenvalue weighted by atomic mass is 10.0. The molecule has 194 valence electrons. The Kier molecular flexibility index (Phi) is 6.20. The number of hydrogen-bond acceptors (Lipinski definition) is 9. The van der Waals surface area contributed by atoms with Gasteiger partial charge in [0.2, 0.25) is 5.91 Å². The fourth-order valence-corrected chi connectivity index (χ4v) is 4.39. The molecular formula is C25H21N6O7-. The molecule has 38 heavy (non-hydrogen) atoms. The van der Waals surface area contributed by atoms with Crippen molar-refractivity contribution in [3.63, 3.8) is 0 Å². The van der Waals surface area contributed by atoms with Crippen molar-refractivity contribution >= 4 is 41.3 Å². The van der Waals surface area contributed by atoms with Gasteiger partial charge in [0, 0.05) is 25.7 Å². The van der Waals surface area contributed by atoms with E-state index in [0.29, 0.717) is 6.54 Å². The van der Waals surface area contributed by atoms with Gasteiger partial charge in [-0.2, -0.15) is 0 Å². The van der Waals surface area contributed by atoms with Crippen LogP contribution in [0.5, 0.6) is 0 Å². The Morgan fingerprint density at radius 1 is 0.974 bits per heavy atom. The first kappa shape index (κ1) is 24.8. The van der Waals surface area contributed by atoms with Gasteiger partial charge in [-0.15, -0.1) is 0 Å². The highest BCUT2D eigenvalue weighted by Crippen LogP contribution is 2.22. The standard InChI is InChI=1S/C25H22N6O7/c1-31-24(37)15-5-3-12(7-17(15)25(31)38)19(32)27-9-13-8-26-18(23(36)29-13)10-28-20(33)11-2-4-14-16(6-11)22(35)30-21(14)34/h2-7,13,18,26H,8-10H2,1H3,(H,27,32)(H,28,33)(H,29,36)(H,30,34,35)/p-1. The van der Waals surface area contributed by atoms with Crippen LogP contribution in [0.25, 0.3) is 0 Å². The summed E-state index contributed by atoms with van der Waals surface area (Å²) >= 11 is 0. The van der Waals surface area contributed by atoms with Gasteiger partial charge in [-0.05, 0) is 41.8 Å². The van der Waals surface area contributed by atoms with E-state index >= 15 is 0 Å². The summed E-state index contributed by atoms with van der Waals surface area (Å²) in [5.74, 6) is -3.52. The molecule has 0 aliphatic carbocycles. The summed E-state index contributed by atoms with van der Waals surface area (Å²) in [6.45, 7) is 0.242. The summed E-state index contributed by atoms with van der Waals surface area (Å²) < 4.78 is 0. The second kappa shape index (κ2) is 9.52. The quantitative estimate of drug-likeness (QED) is 0.188. The number of rotatable bonds is 6. The molecule has 0 saturated carbocycles. The molecule has 3 aliphatic rings. The first-order valence-electron chi connectivity index (χ1n) is 11.6. The summed E-state index contributed by atoms with van der Waals surface area (Å²) in [6, 6.07) is 7.11. The van der Waals surface area contributed by atoms with E-state index in [0.717, 1.165) is 4.90 Å². The van der Waals surface area contributed by atoms with Crippen LogP contribution in [0.3, 0.4) is 0 Å². The Balaban J connectivity index is 1.14. The fourth-order valence-electron chi connectivity index (χ4n) is 4.39. The van der Waals surface area contributed by atoms with E-state index in [1.807, 2.05) is 0 Å². The number of nitrogens with zero attached hydrogens (tertiary/aromatic N) is 2. The molecule has 2 atom stereocenters. The van der Waals surface area contributed by atoms with E-state index in [2.05, 4.69) is 26.3 Å². The number of benzene rings is 2. The zero-order valence-corrected chi connectivity index (χ0v) is 20.0. The highest BCUT2D eigenvalue weighted by molar-refractivity contribution is 6.22. The molecule has 4 N–H and O–H groups in total. The van der Waals surface area contributed by atoms with Gasteiger partial charge in [-0.3, -0.25) is 44.0 Å². The number of carbonyl (C=O) groups excluding carboxylic acids is 6. The summed E-state index contributed by atoms with van der Waals surface area (Å²) in [7, 11) is 1.37. The van der Waals surface area contributed by atoms with Crippen LogP contribution in [0.4, 0.5) is 0 Å². The molecule has 2 aromatic carbocycles. The van der Waals surface area contributed by atoms with Crippen molar-refractivity contribution in [2.45, 2.75) is 12.1 Å². The number of amides is 6. The summed E-state index contributed by atoms with van der Waals surface area (Å²) in [5.41, 5.74) is 1.01. The van der Waals surface area contributed by atoms with Gasteiger partial charge in [0.05, 0.1) is 34.8 Å². The van der Waals surface area contributed by atoms with E-state index < -0.39 is 53.4 Å². The zero-order valence-electron chi connectivity index (χ0n) is 20.0. The second-order valence-corrected chi connectivity index (χ2v) is 9.00. The molecule has 13 heteroatoms. The van der Waals surface area contributed by atoms with Crippen LogP contribution >= 0.6 is 0 Å². The SMILES string of the molecule is CN1C(=O)c2ccc(C(=O)NCC3CNC(CN=C([O-])c4ccc5c(c4)C(=O)NC5=O)C(=O)N3)cc2C1=O. The lowest BCUT2D eigenvalue weighted by Gasteiger charge is -2.30. The van der Waals surface area contributed by atoms with Crippen molar-refractivity contribution in [1.29, 1.82) is 0 Å². The van der Waals surface area contributed by atoms with Gasteiger partial charge >= 0.3 is 0 Å². The predicted octanol–water partition coefficient (Wildman–Crippen LogP) is -2.21. The minimum atomic E-state index is -0.776. The predicted molar refractivity (Wildman–Crippen MR) is 129 cm³/mol. The van der Waals surface area contributed by atoms with Crippen molar-refractivity contribution in [3.05, 3.63) is 69.8 Å². The van der Waals surface area contributed by atoms with Gasteiger partial charge < -0.3 is 21.1 Å². The van der Waals surface area contributed by atoms with Crippen LogP contribution in [-0.2, 0) is 4.79 Å².